The second kappa shape index (κ2) is 37.7. The molecule has 0 saturated heterocycles. The Morgan fingerprint density at radius 1 is 0.724 bits per heavy atom. The highest BCUT2D eigenvalue weighted by molar-refractivity contribution is 5.29. The number of aliphatic hydroxyl groups is 1. The number of ether oxygens (including phenoxy) is 1. The smallest absolute Gasteiger partial charge is 0.119 e. The van der Waals surface area contributed by atoms with Crippen LogP contribution < -0.4 is 4.74 Å². The van der Waals surface area contributed by atoms with E-state index in [4.69, 9.17) is 9.84 Å². The highest BCUT2D eigenvalue weighted by Crippen LogP contribution is 2.27. The molecule has 1 rings (SSSR count). The Hall–Kier alpha value is -1.02. The van der Waals surface area contributed by atoms with Gasteiger partial charge in [0.05, 0.1) is 12.7 Å². The molecule has 0 aliphatic rings. The van der Waals surface area contributed by atoms with Crippen molar-refractivity contribution in [2.75, 3.05) is 6.61 Å². The largest absolute Gasteiger partial charge is 0.494 e. The summed E-state index contributed by atoms with van der Waals surface area (Å²) in [5, 5.41) is 8.36. The second-order valence-electron chi connectivity index (χ2n) is 5.53. The van der Waals surface area contributed by atoms with Gasteiger partial charge in [0.1, 0.15) is 5.75 Å². The molecule has 2 heteroatoms. The average molecular weight is 415 g/mol. The average Bonchev–Trinajstić information content (AvgIpc) is 2.80. The molecule has 0 bridgehead atoms. The van der Waals surface area contributed by atoms with Gasteiger partial charge in [0.15, 0.2) is 0 Å². The zero-order valence-electron chi connectivity index (χ0n) is 22.6. The van der Waals surface area contributed by atoms with Crippen molar-refractivity contribution < 1.29 is 9.84 Å². The van der Waals surface area contributed by atoms with Crippen LogP contribution in [0.25, 0.3) is 0 Å². The molecule has 1 unspecified atom stereocenters. The van der Waals surface area contributed by atoms with Gasteiger partial charge in [-0.1, -0.05) is 101 Å². The molecular formula is C27H58O2. The van der Waals surface area contributed by atoms with Crippen molar-refractivity contribution >= 4 is 0 Å². The molecule has 0 radical (unpaired) electrons. The van der Waals surface area contributed by atoms with Crippen LogP contribution in [0.15, 0.2) is 24.3 Å². The summed E-state index contributed by atoms with van der Waals surface area (Å²) in [5.74, 6) is 1.71. The first-order valence-electron chi connectivity index (χ1n) is 12.5. The van der Waals surface area contributed by atoms with Gasteiger partial charge in [-0.3, -0.25) is 0 Å². The maximum absolute atomic E-state index is 8.36. The Labute approximate surface area is 186 Å². The molecule has 0 saturated carbocycles. The molecule has 0 amide bonds. The molecule has 0 heterocycles. The van der Waals surface area contributed by atoms with Crippen molar-refractivity contribution in [3.8, 4) is 5.75 Å². The van der Waals surface area contributed by atoms with E-state index in [1.807, 2.05) is 69.2 Å². The predicted octanol–water partition coefficient (Wildman–Crippen LogP) is 9.65. The molecule has 178 valence electrons. The van der Waals surface area contributed by atoms with E-state index in [1.165, 1.54) is 31.2 Å². The van der Waals surface area contributed by atoms with E-state index >= 15 is 0 Å². The van der Waals surface area contributed by atoms with E-state index < -0.39 is 0 Å². The van der Waals surface area contributed by atoms with Crippen molar-refractivity contribution in [2.24, 2.45) is 0 Å². The second-order valence-corrected chi connectivity index (χ2v) is 5.53. The van der Waals surface area contributed by atoms with Gasteiger partial charge in [0, 0.05) is 0 Å². The first-order chi connectivity index (χ1) is 14.1. The number of hydrogen-bond donors (Lipinski definition) is 1. The third kappa shape index (κ3) is 29.3. The van der Waals surface area contributed by atoms with Gasteiger partial charge in [0.2, 0.25) is 0 Å². The molecule has 0 fully saturated rings. The Morgan fingerprint density at radius 2 is 1.07 bits per heavy atom. The molecule has 1 aromatic rings. The molecule has 0 aliphatic heterocycles. The highest BCUT2D eigenvalue weighted by atomic mass is 16.5. The Bertz CT molecular complexity index is 325. The molecule has 2 nitrogen and oxygen atoms in total. The molecule has 1 aromatic carbocycles. The van der Waals surface area contributed by atoms with Gasteiger partial charge < -0.3 is 9.84 Å². The Morgan fingerprint density at radius 3 is 1.31 bits per heavy atom. The molecule has 0 aliphatic carbocycles. The van der Waals surface area contributed by atoms with E-state index in [9.17, 15) is 0 Å². The third-order valence-corrected chi connectivity index (χ3v) is 3.53. The lowest BCUT2D eigenvalue weighted by Gasteiger charge is -2.16. The van der Waals surface area contributed by atoms with E-state index in [1.54, 1.807) is 6.92 Å². The van der Waals surface area contributed by atoms with Gasteiger partial charge in [-0.15, -0.1) is 0 Å². The van der Waals surface area contributed by atoms with Crippen LogP contribution in [0.4, 0.5) is 0 Å². The first kappa shape index (κ1) is 38.6. The summed E-state index contributed by atoms with van der Waals surface area (Å²) in [6.07, 6.45) is 5.86. The third-order valence-electron chi connectivity index (χ3n) is 3.53. The van der Waals surface area contributed by atoms with Crippen LogP contribution in [0.2, 0.25) is 0 Å². The summed E-state index contributed by atoms with van der Waals surface area (Å²) < 4.78 is 5.46. The minimum atomic E-state index is -0.116. The van der Waals surface area contributed by atoms with Gasteiger partial charge in [-0.05, 0) is 56.7 Å². The minimum Gasteiger partial charge on any atom is -0.494 e. The van der Waals surface area contributed by atoms with E-state index in [-0.39, 0.29) is 6.10 Å². The predicted molar refractivity (Wildman–Crippen MR) is 138 cm³/mol. The van der Waals surface area contributed by atoms with Crippen LogP contribution in [0.1, 0.15) is 134 Å². The van der Waals surface area contributed by atoms with Crippen LogP contribution in [-0.4, -0.2) is 17.8 Å². The molecule has 0 spiro atoms. The van der Waals surface area contributed by atoms with Crippen molar-refractivity contribution in [3.05, 3.63) is 29.8 Å². The summed E-state index contributed by atoms with van der Waals surface area (Å²) in [7, 11) is 0. The summed E-state index contributed by atoms with van der Waals surface area (Å²) in [6, 6.07) is 8.64. The molecule has 1 atom stereocenters. The lowest BCUT2D eigenvalue weighted by atomic mass is 9.90. The summed E-state index contributed by atoms with van der Waals surface area (Å²) >= 11 is 0. The minimum absolute atomic E-state index is 0.116. The number of hydrogen-bond acceptors (Lipinski definition) is 2. The van der Waals surface area contributed by atoms with Crippen LogP contribution >= 0.6 is 0 Å². The van der Waals surface area contributed by atoms with E-state index in [0.717, 1.165) is 24.7 Å². The number of aliphatic hydroxyl groups excluding tert-OH is 1. The van der Waals surface area contributed by atoms with Crippen LogP contribution in [0, 0.1) is 0 Å². The fraction of sp³-hybridized carbons (Fsp3) is 0.778. The molecular weight excluding hydrogens is 356 g/mol. The topological polar surface area (TPSA) is 29.5 Å². The molecule has 1 N–H and O–H groups in total. The summed E-state index contributed by atoms with van der Waals surface area (Å²) in [5.41, 5.74) is 1.46. The van der Waals surface area contributed by atoms with Crippen molar-refractivity contribution in [1.29, 1.82) is 0 Å². The fourth-order valence-electron chi connectivity index (χ4n) is 2.18. The van der Waals surface area contributed by atoms with Gasteiger partial charge in [-0.2, -0.15) is 0 Å². The lowest BCUT2D eigenvalue weighted by molar-refractivity contribution is 0.191. The van der Waals surface area contributed by atoms with Gasteiger partial charge in [0.25, 0.3) is 0 Å². The fourth-order valence-corrected chi connectivity index (χ4v) is 2.18. The maximum atomic E-state index is 8.36. The van der Waals surface area contributed by atoms with Gasteiger partial charge in [-0.25, -0.2) is 0 Å². The Kier molecular flexibility index (Phi) is 50.1. The molecule has 0 aromatic heterocycles. The maximum Gasteiger partial charge on any atom is 0.119 e. The lowest BCUT2D eigenvalue weighted by Crippen LogP contribution is -1.98. The van der Waals surface area contributed by atoms with Crippen molar-refractivity contribution in [2.45, 2.75) is 134 Å². The monoisotopic (exact) mass is 414 g/mol. The molecule has 29 heavy (non-hydrogen) atoms. The summed E-state index contributed by atoms with van der Waals surface area (Å²) in [4.78, 5) is 0. The zero-order chi connectivity index (χ0) is 24.1. The van der Waals surface area contributed by atoms with Crippen LogP contribution in [0.3, 0.4) is 0 Å². The summed E-state index contributed by atoms with van der Waals surface area (Å²) in [6.45, 7) is 27.0. The van der Waals surface area contributed by atoms with Gasteiger partial charge >= 0.3 is 0 Å². The van der Waals surface area contributed by atoms with Crippen LogP contribution in [0.5, 0.6) is 5.75 Å². The quantitative estimate of drug-likeness (QED) is 0.458. The van der Waals surface area contributed by atoms with Crippen molar-refractivity contribution in [1.82, 2.24) is 0 Å². The van der Waals surface area contributed by atoms with E-state index in [2.05, 4.69) is 38.1 Å². The van der Waals surface area contributed by atoms with Crippen molar-refractivity contribution in [3.63, 3.8) is 0 Å². The standard InChI is InChI=1S/C15H24O.C4H10O.4C2H6/c1-4-7-13(8-5-2)14-9-11-15(12-10-14)16-6-3;1-3-4(2)5;4*1-2/h9-13H,4-8H2,1-3H3;4-5H,3H2,1-2H3;4*1-2H3. The number of benzene rings is 1. The SMILES string of the molecule is CC.CC.CC.CC.CCC(C)O.CCCC(CCC)c1ccc(OCC)cc1. The normalized spacial score (nSPS) is 9.34. The Balaban J connectivity index is -0.000000124. The first-order valence-corrected chi connectivity index (χ1v) is 12.5. The highest BCUT2D eigenvalue weighted by Gasteiger charge is 2.09. The zero-order valence-corrected chi connectivity index (χ0v) is 22.6. The van der Waals surface area contributed by atoms with Crippen LogP contribution in [-0.2, 0) is 0 Å². The number of rotatable bonds is 8. The van der Waals surface area contributed by atoms with E-state index in [0.29, 0.717) is 0 Å².